The van der Waals surface area contributed by atoms with Gasteiger partial charge in [-0.1, -0.05) is 77.8 Å². The molecule has 52 heavy (non-hydrogen) atoms. The molecule has 4 bridgehead atoms. The minimum absolute atomic E-state index is 0.702. The molecule has 0 saturated carbocycles. The molecule has 14 heteroatoms. The van der Waals surface area contributed by atoms with E-state index >= 15 is 0 Å². The third-order valence-electron chi connectivity index (χ3n) is 7.98. The van der Waals surface area contributed by atoms with Gasteiger partial charge in [0.15, 0.2) is 0 Å². The van der Waals surface area contributed by atoms with Crippen LogP contribution in [0, 0.1) is 6.28 Å². The zero-order valence-electron chi connectivity index (χ0n) is 30.3. The fraction of sp³-hybridized carbons (Fsp3) is 0.526. The summed E-state index contributed by atoms with van der Waals surface area (Å²) in [6.45, 7) is 11.6. The van der Waals surface area contributed by atoms with Crippen LogP contribution in [0.25, 0.3) is 0 Å². The predicted octanol–water partition coefficient (Wildman–Crippen LogP) is 15.6. The summed E-state index contributed by atoms with van der Waals surface area (Å²) in [7, 11) is 0. The normalized spacial score (nSPS) is 13.5. The molecule has 4 aliphatic heterocycles. The van der Waals surface area contributed by atoms with Crippen LogP contribution in [-0.2, 0) is 23.0 Å². The number of rotatable bonds is 16. The van der Waals surface area contributed by atoms with Crippen molar-refractivity contribution >= 4 is 117 Å². The maximum Gasteiger partial charge on any atom is 0.145 e. The Morgan fingerprint density at radius 3 is 0.865 bits per heavy atom. The van der Waals surface area contributed by atoms with Crippen LogP contribution in [0.15, 0.2) is 41.1 Å². The smallest absolute Gasteiger partial charge is 0.145 e. The van der Waals surface area contributed by atoms with Gasteiger partial charge in [0, 0.05) is 45.3 Å². The molecule has 0 unspecified atom stereocenters. The molecule has 0 atom stereocenters. The molecular weight excluding hydrogens is 841 g/mol. The first-order chi connectivity index (χ1) is 25.4. The van der Waals surface area contributed by atoms with Crippen LogP contribution < -0.4 is 18.9 Å². The van der Waals surface area contributed by atoms with Crippen molar-refractivity contribution in [1.29, 1.82) is 0 Å². The number of unbranched alkanes of at least 4 members (excludes halogenated alkanes) is 4. The summed E-state index contributed by atoms with van der Waals surface area (Å²) in [4.78, 5) is 0. The highest BCUT2D eigenvalue weighted by molar-refractivity contribution is 8.05. The quantitative estimate of drug-likeness (QED) is 0.0802. The number of ether oxygens (including phenoxy) is 4. The highest BCUT2D eigenvalue weighted by Gasteiger charge is 2.20. The van der Waals surface area contributed by atoms with Gasteiger partial charge in [-0.3, -0.25) is 0 Å². The molecule has 4 aromatic rings. The predicted molar refractivity (Wildman–Crippen MR) is 239 cm³/mol. The Kier molecular flexibility index (Phi) is 18.9. The Morgan fingerprint density at radius 2 is 0.654 bits per heavy atom. The van der Waals surface area contributed by atoms with Gasteiger partial charge in [-0.05, 0) is 49.9 Å². The number of hydrogen-bond acceptors (Lipinski definition) is 14. The fourth-order valence-corrected chi connectivity index (χ4v) is 17.1. The molecule has 0 amide bonds. The third kappa shape index (κ3) is 12.8. The Balaban J connectivity index is 1.57. The van der Waals surface area contributed by atoms with Crippen molar-refractivity contribution in [3.8, 4) is 23.0 Å². The SMILES string of the molecule is CCCCOc1cc2c(OCCCC)cc1CSc1sc(=S)sc1SCc1cc(OCCCC)c(cc1OCCCC)CSc1sc(=S)sc1SC2. The van der Waals surface area contributed by atoms with Crippen molar-refractivity contribution < 1.29 is 18.9 Å². The second-order valence-electron chi connectivity index (χ2n) is 12.2. The van der Waals surface area contributed by atoms with E-state index in [9.17, 15) is 0 Å². The summed E-state index contributed by atoms with van der Waals surface area (Å²) in [5, 5.41) is 0. The molecular formula is C38H48O4S10. The van der Waals surface area contributed by atoms with Crippen molar-refractivity contribution in [2.24, 2.45) is 0 Å². The Morgan fingerprint density at radius 1 is 0.423 bits per heavy atom. The average molecular weight is 889 g/mol. The summed E-state index contributed by atoms with van der Waals surface area (Å²) in [5.74, 6) is 6.93. The van der Waals surface area contributed by atoms with Crippen molar-refractivity contribution in [1.82, 2.24) is 0 Å². The zero-order valence-corrected chi connectivity index (χ0v) is 38.5. The summed E-state index contributed by atoms with van der Waals surface area (Å²) in [5.41, 5.74) is 4.65. The van der Waals surface area contributed by atoms with Gasteiger partial charge in [-0.25, -0.2) is 0 Å². The van der Waals surface area contributed by atoms with E-state index in [1.807, 2.05) is 47.0 Å². The maximum absolute atomic E-state index is 6.50. The average Bonchev–Trinajstić information content (AvgIpc) is 3.69. The van der Waals surface area contributed by atoms with Gasteiger partial charge in [-0.15, -0.1) is 92.4 Å². The first-order valence-electron chi connectivity index (χ1n) is 18.0. The lowest BCUT2D eigenvalue weighted by Crippen LogP contribution is -2.05. The van der Waals surface area contributed by atoms with Gasteiger partial charge in [0.05, 0.1) is 43.3 Å². The number of hydrogen-bond donors (Lipinski definition) is 0. The molecule has 4 nitrogen and oxygen atoms in total. The molecule has 0 saturated heterocycles. The molecule has 0 N–H and O–H groups in total. The minimum atomic E-state index is 0.702. The van der Waals surface area contributed by atoms with Crippen LogP contribution in [0.1, 0.15) is 101 Å². The van der Waals surface area contributed by atoms with Gasteiger partial charge in [0.25, 0.3) is 0 Å². The van der Waals surface area contributed by atoms with Gasteiger partial charge in [0.1, 0.15) is 29.3 Å². The topological polar surface area (TPSA) is 36.9 Å². The van der Waals surface area contributed by atoms with Gasteiger partial charge in [-0.2, -0.15) is 0 Å². The second-order valence-corrected chi connectivity index (χ2v) is 23.6. The molecule has 0 fully saturated rings. The minimum Gasteiger partial charge on any atom is -0.493 e. The Labute approximate surface area is 353 Å². The van der Waals surface area contributed by atoms with Crippen LogP contribution in [0.5, 0.6) is 23.0 Å². The summed E-state index contributed by atoms with van der Waals surface area (Å²) in [6.07, 6.45) is 8.45. The first kappa shape index (κ1) is 42.7. The molecule has 2 aromatic heterocycles. The van der Waals surface area contributed by atoms with Gasteiger partial charge < -0.3 is 18.9 Å². The van der Waals surface area contributed by atoms with Crippen LogP contribution >= 0.6 is 117 Å². The van der Waals surface area contributed by atoms with Crippen LogP contribution in [-0.4, -0.2) is 26.4 Å². The van der Waals surface area contributed by atoms with Crippen molar-refractivity contribution in [3.63, 3.8) is 0 Å². The van der Waals surface area contributed by atoms with Gasteiger partial charge >= 0.3 is 0 Å². The molecule has 0 radical (unpaired) electrons. The molecule has 2 aromatic carbocycles. The zero-order chi connectivity index (χ0) is 36.7. The van der Waals surface area contributed by atoms with Crippen LogP contribution in [0.4, 0.5) is 0 Å². The standard InChI is InChI=1S/C38H48O4S10/c1-5-9-13-39-29-17-26-22-46-35-36(52-38(44)51-35)48-24-28-20-31(41-15-11-7-3)27(19-32(28)42-16-12-8-4)23-47-34-33(49-37(43)50-34)45-21-25(29)18-30(26)40-14-10-6-2/h17-20H,5-16,21-24H2,1-4H3. The van der Waals surface area contributed by atoms with E-state index in [2.05, 4.69) is 52.0 Å². The summed E-state index contributed by atoms with van der Waals surface area (Å²) in [6, 6.07) is 8.96. The monoisotopic (exact) mass is 888 g/mol. The van der Waals surface area contributed by atoms with E-state index in [1.54, 1.807) is 45.3 Å². The highest BCUT2D eigenvalue weighted by atomic mass is 32.2. The summed E-state index contributed by atoms with van der Waals surface area (Å²) >= 11 is 25.8. The van der Waals surface area contributed by atoms with E-state index in [-0.39, 0.29) is 0 Å². The van der Waals surface area contributed by atoms with Crippen molar-refractivity contribution in [3.05, 3.63) is 52.8 Å². The third-order valence-corrected chi connectivity index (χ3v) is 19.3. The lowest BCUT2D eigenvalue weighted by atomic mass is 10.1. The molecule has 0 aliphatic carbocycles. The molecule has 284 valence electrons. The van der Waals surface area contributed by atoms with Crippen LogP contribution in [0.2, 0.25) is 0 Å². The largest absolute Gasteiger partial charge is 0.493 e. The maximum atomic E-state index is 6.50. The summed E-state index contributed by atoms with van der Waals surface area (Å²) < 4.78 is 32.9. The lowest BCUT2D eigenvalue weighted by molar-refractivity contribution is 0.297. The van der Waals surface area contributed by atoms with E-state index < -0.39 is 0 Å². The van der Waals surface area contributed by atoms with E-state index in [4.69, 9.17) is 43.4 Å². The van der Waals surface area contributed by atoms with Crippen molar-refractivity contribution in [2.75, 3.05) is 26.4 Å². The Hall–Kier alpha value is -0.420. The van der Waals surface area contributed by atoms with Crippen molar-refractivity contribution in [2.45, 2.75) is 119 Å². The number of thioether (sulfide) groups is 4. The van der Waals surface area contributed by atoms with Crippen LogP contribution in [0.3, 0.4) is 0 Å². The van der Waals surface area contributed by atoms with E-state index in [1.165, 1.54) is 16.8 Å². The molecule has 4 aliphatic rings. The van der Waals surface area contributed by atoms with E-state index in [0.717, 1.165) is 126 Å². The van der Waals surface area contributed by atoms with Gasteiger partial charge in [0.2, 0.25) is 0 Å². The lowest BCUT2D eigenvalue weighted by Gasteiger charge is -2.19. The second kappa shape index (κ2) is 23.0. The molecule has 0 spiro atoms. The highest BCUT2D eigenvalue weighted by Crippen LogP contribution is 2.48. The Bertz CT molecular complexity index is 1570. The molecule has 8 rings (SSSR count). The van der Waals surface area contributed by atoms with E-state index in [0.29, 0.717) is 26.4 Å². The fourth-order valence-electron chi connectivity index (χ4n) is 5.02. The number of benzene rings is 2. The first-order valence-corrected chi connectivity index (χ1v) is 26.1. The molecule has 6 heterocycles.